The van der Waals surface area contributed by atoms with Crippen LogP contribution in [0.3, 0.4) is 0 Å². The molecule has 1 unspecified atom stereocenters. The number of carbonyl (C=O) groups excluding carboxylic acids is 1. The Hall–Kier alpha value is -2.59. The smallest absolute Gasteiger partial charge is 0.337 e. The fourth-order valence-electron chi connectivity index (χ4n) is 1.32. The highest BCUT2D eigenvalue weighted by Crippen LogP contribution is 2.16. The zero-order valence-electron chi connectivity index (χ0n) is 11.1. The number of amides is 2. The van der Waals surface area contributed by atoms with E-state index in [0.717, 1.165) is 12.5 Å². The van der Waals surface area contributed by atoms with E-state index < -0.39 is 24.1 Å². The van der Waals surface area contributed by atoms with Gasteiger partial charge < -0.3 is 20.8 Å². The number of nitrogens with zero attached hydrogens (tertiary/aromatic N) is 1. The molecule has 7 heteroatoms. The first-order valence-electron chi connectivity index (χ1n) is 5.77. The van der Waals surface area contributed by atoms with Crippen molar-refractivity contribution in [2.24, 2.45) is 0 Å². The van der Waals surface area contributed by atoms with Crippen molar-refractivity contribution in [3.63, 3.8) is 0 Å². The maximum absolute atomic E-state index is 11.6. The topological polar surface area (TPSA) is 122 Å². The van der Waals surface area contributed by atoms with E-state index in [1.165, 1.54) is 6.07 Å². The van der Waals surface area contributed by atoms with E-state index in [4.69, 9.17) is 10.4 Å². The largest absolute Gasteiger partial charge is 0.479 e. The number of carboxylic acids is 1. The lowest BCUT2D eigenvalue weighted by molar-refractivity contribution is -0.155. The Morgan fingerprint density at radius 3 is 2.65 bits per heavy atom. The van der Waals surface area contributed by atoms with Gasteiger partial charge in [-0.1, -0.05) is 6.07 Å². The maximum Gasteiger partial charge on any atom is 0.337 e. The van der Waals surface area contributed by atoms with Crippen molar-refractivity contribution in [2.45, 2.75) is 19.4 Å². The van der Waals surface area contributed by atoms with Crippen LogP contribution in [0, 0.1) is 18.3 Å². The zero-order valence-corrected chi connectivity index (χ0v) is 11.1. The normalized spacial score (nSPS) is 12.9. The van der Waals surface area contributed by atoms with E-state index in [0.29, 0.717) is 11.3 Å². The molecule has 0 aliphatic rings. The summed E-state index contributed by atoms with van der Waals surface area (Å²) >= 11 is 0. The molecule has 4 N–H and O–H groups in total. The molecule has 0 spiro atoms. The first-order valence-corrected chi connectivity index (χ1v) is 5.77. The summed E-state index contributed by atoms with van der Waals surface area (Å²) in [6.07, 6.45) is 0. The average molecular weight is 277 g/mol. The van der Waals surface area contributed by atoms with Crippen LogP contribution < -0.4 is 10.6 Å². The van der Waals surface area contributed by atoms with Crippen LogP contribution in [0.25, 0.3) is 0 Å². The van der Waals surface area contributed by atoms with Gasteiger partial charge in [0.2, 0.25) is 0 Å². The quantitative estimate of drug-likeness (QED) is 0.649. The molecule has 1 aromatic rings. The van der Waals surface area contributed by atoms with Crippen LogP contribution >= 0.6 is 0 Å². The van der Waals surface area contributed by atoms with Crippen LogP contribution in [0.15, 0.2) is 18.2 Å². The molecule has 1 aromatic carbocycles. The van der Waals surface area contributed by atoms with E-state index >= 15 is 0 Å². The summed E-state index contributed by atoms with van der Waals surface area (Å²) in [5.41, 5.74) is -0.454. The molecule has 20 heavy (non-hydrogen) atoms. The molecule has 0 fully saturated rings. The molecule has 2 amide bonds. The van der Waals surface area contributed by atoms with Crippen LogP contribution in [0.2, 0.25) is 0 Å². The molecule has 0 saturated heterocycles. The number of aryl methyl sites for hydroxylation is 1. The van der Waals surface area contributed by atoms with Crippen LogP contribution in [-0.2, 0) is 4.79 Å². The third kappa shape index (κ3) is 3.96. The highest BCUT2D eigenvalue weighted by atomic mass is 16.4. The van der Waals surface area contributed by atoms with Crippen molar-refractivity contribution in [3.05, 3.63) is 29.3 Å². The molecular formula is C13H15N3O4. The van der Waals surface area contributed by atoms with Crippen molar-refractivity contribution >= 4 is 17.7 Å². The Kier molecular flexibility index (Phi) is 4.67. The zero-order chi connectivity index (χ0) is 15.3. The molecule has 0 aliphatic heterocycles. The lowest BCUT2D eigenvalue weighted by Gasteiger charge is -2.18. The minimum absolute atomic E-state index is 0.392. The van der Waals surface area contributed by atoms with Gasteiger partial charge in [0.1, 0.15) is 0 Å². The number of hydrogen-bond donors (Lipinski definition) is 4. The Balaban J connectivity index is 2.68. The van der Waals surface area contributed by atoms with Crippen LogP contribution in [0.4, 0.5) is 10.5 Å². The van der Waals surface area contributed by atoms with Gasteiger partial charge in [0, 0.05) is 5.69 Å². The molecule has 0 aromatic heterocycles. The van der Waals surface area contributed by atoms with Crippen molar-refractivity contribution in [1.82, 2.24) is 5.32 Å². The van der Waals surface area contributed by atoms with Crippen LogP contribution in [0.5, 0.6) is 0 Å². The minimum Gasteiger partial charge on any atom is -0.479 e. The van der Waals surface area contributed by atoms with E-state index in [2.05, 4.69) is 10.6 Å². The second kappa shape index (κ2) is 6.04. The maximum atomic E-state index is 11.6. The number of urea groups is 1. The lowest BCUT2D eigenvalue weighted by Crippen LogP contribution is -2.47. The van der Waals surface area contributed by atoms with Crippen molar-refractivity contribution < 1.29 is 19.8 Å². The number of aliphatic hydroxyl groups is 1. The number of carboxylic acid groups (broad SMARTS) is 1. The van der Waals surface area contributed by atoms with E-state index in [-0.39, 0.29) is 0 Å². The fraction of sp³-hybridized carbons (Fsp3) is 0.308. The summed E-state index contributed by atoms with van der Waals surface area (Å²) in [5.74, 6) is -1.43. The average Bonchev–Trinajstić information content (AvgIpc) is 2.39. The SMILES string of the molecule is Cc1ccc(C#N)cc1NC(=O)NCC(C)(O)C(=O)O. The Labute approximate surface area is 115 Å². The fourth-order valence-corrected chi connectivity index (χ4v) is 1.32. The molecule has 0 heterocycles. The molecule has 0 bridgehead atoms. The van der Waals surface area contributed by atoms with Gasteiger partial charge in [-0.2, -0.15) is 5.26 Å². The molecule has 1 atom stereocenters. The number of rotatable bonds is 4. The number of aliphatic carboxylic acids is 1. The van der Waals surface area contributed by atoms with E-state index in [9.17, 15) is 14.7 Å². The summed E-state index contributed by atoms with van der Waals surface area (Å²) < 4.78 is 0. The number of benzene rings is 1. The molecular weight excluding hydrogens is 262 g/mol. The Morgan fingerprint density at radius 2 is 2.10 bits per heavy atom. The highest BCUT2D eigenvalue weighted by molar-refractivity contribution is 5.91. The monoisotopic (exact) mass is 277 g/mol. The number of carbonyl (C=O) groups is 2. The van der Waals surface area contributed by atoms with Gasteiger partial charge in [-0.25, -0.2) is 9.59 Å². The highest BCUT2D eigenvalue weighted by Gasteiger charge is 2.30. The van der Waals surface area contributed by atoms with Crippen LogP contribution in [0.1, 0.15) is 18.1 Å². The van der Waals surface area contributed by atoms with E-state index in [1.807, 2.05) is 6.07 Å². The molecule has 106 valence electrons. The molecule has 0 saturated carbocycles. The predicted octanol–water partition coefficient (Wildman–Crippen LogP) is 0.824. The van der Waals surface area contributed by atoms with Gasteiger partial charge in [0.25, 0.3) is 0 Å². The summed E-state index contributed by atoms with van der Waals surface area (Å²) in [6, 6.07) is 6.09. The van der Waals surface area contributed by atoms with Gasteiger partial charge in [-0.3, -0.25) is 0 Å². The summed E-state index contributed by atoms with van der Waals surface area (Å²) in [6.45, 7) is 2.40. The molecule has 0 radical (unpaired) electrons. The third-order valence-electron chi connectivity index (χ3n) is 2.67. The lowest BCUT2D eigenvalue weighted by atomic mass is 10.1. The molecule has 1 rings (SSSR count). The second-order valence-electron chi connectivity index (χ2n) is 4.53. The first kappa shape index (κ1) is 15.5. The standard InChI is InChI=1S/C13H15N3O4/c1-8-3-4-9(6-14)5-10(8)16-12(19)15-7-13(2,20)11(17)18/h3-5,20H,7H2,1-2H3,(H,17,18)(H2,15,16,19). The first-order chi connectivity index (χ1) is 9.26. The van der Waals surface area contributed by atoms with Gasteiger partial charge >= 0.3 is 12.0 Å². The van der Waals surface area contributed by atoms with Gasteiger partial charge in [0.05, 0.1) is 18.2 Å². The van der Waals surface area contributed by atoms with Crippen molar-refractivity contribution in [3.8, 4) is 6.07 Å². The summed E-state index contributed by atoms with van der Waals surface area (Å²) in [7, 11) is 0. The van der Waals surface area contributed by atoms with Gasteiger partial charge in [-0.05, 0) is 31.5 Å². The minimum atomic E-state index is -2.04. The van der Waals surface area contributed by atoms with Gasteiger partial charge in [0.15, 0.2) is 5.60 Å². The summed E-state index contributed by atoms with van der Waals surface area (Å²) in [5, 5.41) is 31.7. The Morgan fingerprint density at radius 1 is 1.45 bits per heavy atom. The third-order valence-corrected chi connectivity index (χ3v) is 2.67. The number of hydrogen-bond acceptors (Lipinski definition) is 4. The van der Waals surface area contributed by atoms with Crippen molar-refractivity contribution in [2.75, 3.05) is 11.9 Å². The predicted molar refractivity (Wildman–Crippen MR) is 71.2 cm³/mol. The van der Waals surface area contributed by atoms with Crippen molar-refractivity contribution in [1.29, 1.82) is 5.26 Å². The Bertz CT molecular complexity index is 575. The van der Waals surface area contributed by atoms with Crippen LogP contribution in [-0.4, -0.2) is 34.4 Å². The second-order valence-corrected chi connectivity index (χ2v) is 4.53. The number of anilines is 1. The summed E-state index contributed by atoms with van der Waals surface area (Å²) in [4.78, 5) is 22.3. The van der Waals surface area contributed by atoms with E-state index in [1.54, 1.807) is 19.1 Å². The number of nitriles is 1. The number of nitrogens with one attached hydrogen (secondary N) is 2. The molecule has 0 aliphatic carbocycles. The van der Waals surface area contributed by atoms with Gasteiger partial charge in [-0.15, -0.1) is 0 Å². The molecule has 7 nitrogen and oxygen atoms in total.